The predicted octanol–water partition coefficient (Wildman–Crippen LogP) is 4.45. The lowest BCUT2D eigenvalue weighted by Gasteiger charge is -2.08. The van der Waals surface area contributed by atoms with Gasteiger partial charge in [-0.3, -0.25) is 10.1 Å². The Hall–Kier alpha value is -2.53. The summed E-state index contributed by atoms with van der Waals surface area (Å²) in [6.07, 6.45) is 0.808. The van der Waals surface area contributed by atoms with E-state index >= 15 is 0 Å². The molecule has 2 aromatic carbocycles. The summed E-state index contributed by atoms with van der Waals surface area (Å²) in [7, 11) is 0. The number of nitrogens with zero attached hydrogens (tertiary/aromatic N) is 2. The number of amides is 1. The van der Waals surface area contributed by atoms with Crippen molar-refractivity contribution in [3.05, 3.63) is 76.3 Å². The van der Waals surface area contributed by atoms with Gasteiger partial charge in [0.1, 0.15) is 5.01 Å². The van der Waals surface area contributed by atoms with E-state index in [2.05, 4.69) is 34.6 Å². The molecule has 0 aliphatic rings. The average Bonchev–Trinajstić information content (AvgIpc) is 3.03. The number of benzene rings is 2. The Bertz CT molecular complexity index is 812. The van der Waals surface area contributed by atoms with Crippen molar-refractivity contribution in [2.24, 2.45) is 0 Å². The van der Waals surface area contributed by atoms with Crippen LogP contribution in [0, 0.1) is 6.92 Å². The fourth-order valence-electron chi connectivity index (χ4n) is 2.42. The molecule has 3 aromatic rings. The standard InChI is InChI=1S/C19H19N3OS/c1-13-8-10-16(11-9-13)18(23)20-19-22-21-17(24-19)12-14(2)15-6-4-3-5-7-15/h3-11,14H,12H2,1-2H3,(H,20,22,23). The van der Waals surface area contributed by atoms with Gasteiger partial charge in [-0.25, -0.2) is 0 Å². The highest BCUT2D eigenvalue weighted by atomic mass is 32.1. The van der Waals surface area contributed by atoms with Crippen LogP contribution in [0.15, 0.2) is 54.6 Å². The lowest BCUT2D eigenvalue weighted by atomic mass is 9.98. The van der Waals surface area contributed by atoms with Crippen LogP contribution < -0.4 is 5.32 Å². The third-order valence-corrected chi connectivity index (χ3v) is 4.71. The lowest BCUT2D eigenvalue weighted by Crippen LogP contribution is -2.11. The van der Waals surface area contributed by atoms with Crippen LogP contribution >= 0.6 is 11.3 Å². The molecule has 1 unspecified atom stereocenters. The zero-order valence-corrected chi connectivity index (χ0v) is 14.5. The number of nitrogens with one attached hydrogen (secondary N) is 1. The molecule has 122 valence electrons. The molecule has 0 aliphatic carbocycles. The number of carbonyl (C=O) groups excluding carboxylic acids is 1. The van der Waals surface area contributed by atoms with Crippen LogP contribution in [0.3, 0.4) is 0 Å². The minimum atomic E-state index is -0.159. The number of hydrogen-bond acceptors (Lipinski definition) is 4. The van der Waals surface area contributed by atoms with E-state index in [1.807, 2.05) is 49.4 Å². The van der Waals surface area contributed by atoms with E-state index in [0.29, 0.717) is 16.6 Å². The lowest BCUT2D eigenvalue weighted by molar-refractivity contribution is 0.102. The first kappa shape index (κ1) is 16.3. The summed E-state index contributed by atoms with van der Waals surface area (Å²) in [4.78, 5) is 12.2. The third kappa shape index (κ3) is 4.06. The van der Waals surface area contributed by atoms with Gasteiger partial charge in [0, 0.05) is 12.0 Å². The Balaban J connectivity index is 1.63. The maximum Gasteiger partial charge on any atom is 0.257 e. The molecule has 1 amide bonds. The summed E-state index contributed by atoms with van der Waals surface area (Å²) in [6, 6.07) is 17.8. The Morgan fingerprint density at radius 2 is 1.79 bits per heavy atom. The van der Waals surface area contributed by atoms with E-state index in [1.54, 1.807) is 0 Å². The minimum Gasteiger partial charge on any atom is -0.296 e. The number of hydrogen-bond donors (Lipinski definition) is 1. The van der Waals surface area contributed by atoms with Gasteiger partial charge in [0.2, 0.25) is 5.13 Å². The molecule has 24 heavy (non-hydrogen) atoms. The first-order chi connectivity index (χ1) is 11.6. The van der Waals surface area contributed by atoms with Crippen molar-refractivity contribution in [1.82, 2.24) is 10.2 Å². The van der Waals surface area contributed by atoms with Gasteiger partial charge in [0.15, 0.2) is 0 Å². The van der Waals surface area contributed by atoms with Gasteiger partial charge in [0.25, 0.3) is 5.91 Å². The fourth-order valence-corrected chi connectivity index (χ4v) is 3.29. The Morgan fingerprint density at radius 1 is 1.08 bits per heavy atom. The largest absolute Gasteiger partial charge is 0.296 e. The number of anilines is 1. The van der Waals surface area contributed by atoms with Gasteiger partial charge < -0.3 is 0 Å². The maximum absolute atomic E-state index is 12.2. The zero-order chi connectivity index (χ0) is 16.9. The first-order valence-corrected chi connectivity index (χ1v) is 8.69. The van der Waals surface area contributed by atoms with E-state index in [0.717, 1.165) is 17.0 Å². The highest BCUT2D eigenvalue weighted by Crippen LogP contribution is 2.24. The quantitative estimate of drug-likeness (QED) is 0.748. The monoisotopic (exact) mass is 337 g/mol. The zero-order valence-electron chi connectivity index (χ0n) is 13.7. The SMILES string of the molecule is Cc1ccc(C(=O)Nc2nnc(CC(C)c3ccccc3)s2)cc1. The second kappa shape index (κ2) is 7.36. The van der Waals surface area contributed by atoms with Gasteiger partial charge >= 0.3 is 0 Å². The molecule has 0 bridgehead atoms. The van der Waals surface area contributed by atoms with Crippen molar-refractivity contribution >= 4 is 22.4 Å². The van der Waals surface area contributed by atoms with Crippen molar-refractivity contribution < 1.29 is 4.79 Å². The van der Waals surface area contributed by atoms with E-state index in [1.165, 1.54) is 16.9 Å². The van der Waals surface area contributed by atoms with Crippen LogP contribution in [0.2, 0.25) is 0 Å². The summed E-state index contributed by atoms with van der Waals surface area (Å²) in [5, 5.41) is 12.6. The average molecular weight is 337 g/mol. The van der Waals surface area contributed by atoms with Crippen molar-refractivity contribution in [2.45, 2.75) is 26.2 Å². The summed E-state index contributed by atoms with van der Waals surface area (Å²) in [5.41, 5.74) is 3.02. The topological polar surface area (TPSA) is 54.9 Å². The van der Waals surface area contributed by atoms with Crippen LogP contribution in [0.1, 0.15) is 39.3 Å². The fraction of sp³-hybridized carbons (Fsp3) is 0.211. The smallest absolute Gasteiger partial charge is 0.257 e. The van der Waals surface area contributed by atoms with Crippen LogP contribution in [-0.2, 0) is 6.42 Å². The summed E-state index contributed by atoms with van der Waals surface area (Å²) < 4.78 is 0. The molecule has 0 aliphatic heterocycles. The van der Waals surface area contributed by atoms with E-state index in [-0.39, 0.29) is 5.91 Å². The molecule has 1 atom stereocenters. The highest BCUT2D eigenvalue weighted by Gasteiger charge is 2.13. The number of carbonyl (C=O) groups is 1. The minimum absolute atomic E-state index is 0.159. The van der Waals surface area contributed by atoms with Crippen molar-refractivity contribution in [1.29, 1.82) is 0 Å². The van der Waals surface area contributed by atoms with E-state index in [4.69, 9.17) is 0 Å². The molecule has 1 N–H and O–H groups in total. The van der Waals surface area contributed by atoms with Crippen LogP contribution in [0.4, 0.5) is 5.13 Å². The third-order valence-electron chi connectivity index (χ3n) is 3.85. The molecule has 3 rings (SSSR count). The van der Waals surface area contributed by atoms with E-state index < -0.39 is 0 Å². The second-order valence-corrected chi connectivity index (χ2v) is 6.90. The molecule has 5 heteroatoms. The normalized spacial score (nSPS) is 11.9. The Kier molecular flexibility index (Phi) is 5.01. The van der Waals surface area contributed by atoms with Crippen molar-refractivity contribution in [2.75, 3.05) is 5.32 Å². The maximum atomic E-state index is 12.2. The Labute approximate surface area is 145 Å². The highest BCUT2D eigenvalue weighted by molar-refractivity contribution is 7.15. The van der Waals surface area contributed by atoms with Gasteiger partial charge in [-0.2, -0.15) is 0 Å². The van der Waals surface area contributed by atoms with Crippen LogP contribution in [0.5, 0.6) is 0 Å². The molecule has 0 fully saturated rings. The number of aromatic nitrogens is 2. The molecule has 0 saturated carbocycles. The molecule has 0 saturated heterocycles. The van der Waals surface area contributed by atoms with Gasteiger partial charge in [0.05, 0.1) is 0 Å². The molecular weight excluding hydrogens is 318 g/mol. The molecule has 0 spiro atoms. The second-order valence-electron chi connectivity index (χ2n) is 5.84. The van der Waals surface area contributed by atoms with Gasteiger partial charge in [-0.05, 0) is 30.5 Å². The molecular formula is C19H19N3OS. The number of aryl methyl sites for hydroxylation is 1. The number of rotatable bonds is 5. The summed E-state index contributed by atoms with van der Waals surface area (Å²) in [6.45, 7) is 4.16. The van der Waals surface area contributed by atoms with Crippen molar-refractivity contribution in [3.8, 4) is 0 Å². The Morgan fingerprint density at radius 3 is 2.50 bits per heavy atom. The summed E-state index contributed by atoms with van der Waals surface area (Å²) in [5.74, 6) is 0.202. The van der Waals surface area contributed by atoms with Gasteiger partial charge in [-0.1, -0.05) is 66.3 Å². The van der Waals surface area contributed by atoms with E-state index in [9.17, 15) is 4.79 Å². The van der Waals surface area contributed by atoms with Crippen LogP contribution in [0.25, 0.3) is 0 Å². The molecule has 4 nitrogen and oxygen atoms in total. The first-order valence-electron chi connectivity index (χ1n) is 7.87. The molecule has 0 radical (unpaired) electrons. The molecule has 1 aromatic heterocycles. The molecule has 1 heterocycles. The predicted molar refractivity (Wildman–Crippen MR) is 97.6 cm³/mol. The summed E-state index contributed by atoms with van der Waals surface area (Å²) >= 11 is 1.43. The van der Waals surface area contributed by atoms with Gasteiger partial charge in [-0.15, -0.1) is 10.2 Å². The van der Waals surface area contributed by atoms with Crippen molar-refractivity contribution in [3.63, 3.8) is 0 Å². The van der Waals surface area contributed by atoms with Crippen LogP contribution in [-0.4, -0.2) is 16.1 Å².